The minimum absolute atomic E-state index is 0.843. The molecule has 0 aliphatic heterocycles. The summed E-state index contributed by atoms with van der Waals surface area (Å²) in [5, 5.41) is 0. The van der Waals surface area contributed by atoms with Gasteiger partial charge >= 0.3 is 0 Å². The van der Waals surface area contributed by atoms with E-state index in [9.17, 15) is 0 Å². The average Bonchev–Trinajstić information content (AvgIpc) is 2.33. The Morgan fingerprint density at radius 3 is 2.25 bits per heavy atom. The van der Waals surface area contributed by atoms with Crippen molar-refractivity contribution in [2.75, 3.05) is 0 Å². The van der Waals surface area contributed by atoms with E-state index in [1.54, 1.807) is 6.26 Å². The third-order valence-electron chi connectivity index (χ3n) is 2.08. The maximum absolute atomic E-state index is 5.45. The molecule has 0 saturated heterocycles. The van der Waals surface area contributed by atoms with E-state index in [4.69, 9.17) is 4.74 Å². The zero-order chi connectivity index (χ0) is 11.2. The molecule has 0 bridgehead atoms. The monoisotopic (exact) mass is 274 g/mol. The van der Waals surface area contributed by atoms with Gasteiger partial charge in [-0.3, -0.25) is 0 Å². The van der Waals surface area contributed by atoms with Crippen LogP contribution in [0.2, 0.25) is 0 Å². The molecule has 2 heteroatoms. The minimum atomic E-state index is 0.843. The molecule has 0 aliphatic rings. The number of hydrogen-bond donors (Lipinski definition) is 0. The molecule has 0 unspecified atom stereocenters. The lowest BCUT2D eigenvalue weighted by atomic mass is 10.2. The third kappa shape index (κ3) is 3.24. The number of benzene rings is 2. The van der Waals surface area contributed by atoms with Crippen molar-refractivity contribution in [3.63, 3.8) is 0 Å². The summed E-state index contributed by atoms with van der Waals surface area (Å²) in [5.41, 5.74) is 1.11. The van der Waals surface area contributed by atoms with Gasteiger partial charge in [0.1, 0.15) is 5.75 Å². The molecule has 16 heavy (non-hydrogen) atoms. The molecule has 0 aliphatic carbocycles. The predicted octanol–water partition coefficient (Wildman–Crippen LogP) is 4.50. The molecule has 0 spiro atoms. The van der Waals surface area contributed by atoms with E-state index in [1.165, 1.54) is 0 Å². The molecule has 0 saturated carbocycles. The Morgan fingerprint density at radius 1 is 0.875 bits per heavy atom. The minimum Gasteiger partial charge on any atom is -0.465 e. The fraction of sp³-hybridized carbons (Fsp3) is 0. The largest absolute Gasteiger partial charge is 0.465 e. The van der Waals surface area contributed by atoms with Gasteiger partial charge in [0, 0.05) is 4.47 Å². The first kappa shape index (κ1) is 11.0. The lowest BCUT2D eigenvalue weighted by Gasteiger charge is -1.98. The summed E-state index contributed by atoms with van der Waals surface area (Å²) in [4.78, 5) is 0. The summed E-state index contributed by atoms with van der Waals surface area (Å²) in [7, 11) is 0. The van der Waals surface area contributed by atoms with Gasteiger partial charge in [-0.05, 0) is 35.9 Å². The van der Waals surface area contributed by atoms with Gasteiger partial charge in [-0.15, -0.1) is 0 Å². The Bertz CT molecular complexity index is 460. The molecule has 0 N–H and O–H groups in total. The number of hydrogen-bond acceptors (Lipinski definition) is 1. The lowest BCUT2D eigenvalue weighted by molar-refractivity contribution is 0.485. The van der Waals surface area contributed by atoms with Gasteiger partial charge < -0.3 is 4.74 Å². The molecule has 80 valence electrons. The van der Waals surface area contributed by atoms with Crippen molar-refractivity contribution >= 4 is 22.0 Å². The maximum Gasteiger partial charge on any atom is 0.126 e. The first-order valence-electron chi connectivity index (χ1n) is 4.98. The number of rotatable bonds is 3. The molecule has 0 radical (unpaired) electrons. The van der Waals surface area contributed by atoms with E-state index in [2.05, 4.69) is 15.9 Å². The van der Waals surface area contributed by atoms with Crippen LogP contribution in [0.3, 0.4) is 0 Å². The van der Waals surface area contributed by atoms with E-state index in [0.29, 0.717) is 0 Å². The Morgan fingerprint density at radius 2 is 1.56 bits per heavy atom. The highest BCUT2D eigenvalue weighted by Gasteiger charge is 1.88. The Balaban J connectivity index is 1.98. The number of para-hydroxylation sites is 1. The first-order chi connectivity index (χ1) is 7.84. The van der Waals surface area contributed by atoms with Gasteiger partial charge in [0.15, 0.2) is 0 Å². The van der Waals surface area contributed by atoms with Crippen LogP contribution in [0.25, 0.3) is 6.08 Å². The zero-order valence-electron chi connectivity index (χ0n) is 8.64. The molecular weight excluding hydrogens is 264 g/mol. The van der Waals surface area contributed by atoms with Gasteiger partial charge in [-0.2, -0.15) is 0 Å². The van der Waals surface area contributed by atoms with Crippen LogP contribution in [0.5, 0.6) is 5.75 Å². The second-order valence-electron chi connectivity index (χ2n) is 3.29. The molecule has 0 fully saturated rings. The van der Waals surface area contributed by atoms with Crippen LogP contribution in [0, 0.1) is 0 Å². The van der Waals surface area contributed by atoms with Crippen molar-refractivity contribution in [3.05, 3.63) is 70.9 Å². The summed E-state index contributed by atoms with van der Waals surface area (Å²) >= 11 is 3.39. The Kier molecular flexibility index (Phi) is 3.78. The lowest BCUT2D eigenvalue weighted by Crippen LogP contribution is -1.80. The van der Waals surface area contributed by atoms with Crippen LogP contribution >= 0.6 is 15.9 Å². The Labute approximate surface area is 104 Å². The molecule has 1 nitrogen and oxygen atoms in total. The quantitative estimate of drug-likeness (QED) is 0.749. The van der Waals surface area contributed by atoms with E-state index in [-0.39, 0.29) is 0 Å². The highest BCUT2D eigenvalue weighted by molar-refractivity contribution is 9.10. The van der Waals surface area contributed by atoms with Crippen molar-refractivity contribution in [3.8, 4) is 5.75 Å². The van der Waals surface area contributed by atoms with Crippen LogP contribution in [0.4, 0.5) is 0 Å². The predicted molar refractivity (Wildman–Crippen MR) is 70.2 cm³/mol. The molecule has 0 heterocycles. The van der Waals surface area contributed by atoms with E-state index in [1.807, 2.05) is 60.7 Å². The SMILES string of the molecule is Brc1ccc(/C=C/Oc2ccccc2)cc1. The van der Waals surface area contributed by atoms with E-state index in [0.717, 1.165) is 15.8 Å². The first-order valence-corrected chi connectivity index (χ1v) is 5.78. The van der Waals surface area contributed by atoms with Gasteiger partial charge in [-0.25, -0.2) is 0 Å². The second kappa shape index (κ2) is 5.52. The molecule has 2 rings (SSSR count). The molecular formula is C14H11BrO. The second-order valence-corrected chi connectivity index (χ2v) is 4.20. The summed E-state index contributed by atoms with van der Waals surface area (Å²) < 4.78 is 6.53. The molecule has 2 aromatic carbocycles. The normalized spacial score (nSPS) is 10.6. The van der Waals surface area contributed by atoms with Crippen molar-refractivity contribution in [1.82, 2.24) is 0 Å². The van der Waals surface area contributed by atoms with Gasteiger partial charge in [0.05, 0.1) is 6.26 Å². The number of ether oxygens (including phenoxy) is 1. The van der Waals surface area contributed by atoms with Gasteiger partial charge in [0.2, 0.25) is 0 Å². The van der Waals surface area contributed by atoms with Crippen molar-refractivity contribution in [1.29, 1.82) is 0 Å². The maximum atomic E-state index is 5.45. The third-order valence-corrected chi connectivity index (χ3v) is 2.61. The number of halogens is 1. The highest BCUT2D eigenvalue weighted by Crippen LogP contribution is 2.13. The van der Waals surface area contributed by atoms with Crippen LogP contribution in [-0.4, -0.2) is 0 Å². The van der Waals surface area contributed by atoms with Gasteiger partial charge in [-0.1, -0.05) is 46.3 Å². The molecule has 0 atom stereocenters. The molecule has 0 amide bonds. The fourth-order valence-corrected chi connectivity index (χ4v) is 1.53. The fourth-order valence-electron chi connectivity index (χ4n) is 1.26. The summed E-state index contributed by atoms with van der Waals surface area (Å²) in [6, 6.07) is 17.8. The van der Waals surface area contributed by atoms with E-state index < -0.39 is 0 Å². The molecule has 2 aromatic rings. The van der Waals surface area contributed by atoms with E-state index >= 15 is 0 Å². The van der Waals surface area contributed by atoms with Crippen molar-refractivity contribution in [2.45, 2.75) is 0 Å². The van der Waals surface area contributed by atoms with Crippen LogP contribution in [-0.2, 0) is 0 Å². The standard InChI is InChI=1S/C14H11BrO/c15-13-8-6-12(7-9-13)10-11-16-14-4-2-1-3-5-14/h1-11H/b11-10+. The van der Waals surface area contributed by atoms with Crippen molar-refractivity contribution in [2.24, 2.45) is 0 Å². The highest BCUT2D eigenvalue weighted by atomic mass is 79.9. The summed E-state index contributed by atoms with van der Waals surface area (Å²) in [5.74, 6) is 0.843. The zero-order valence-corrected chi connectivity index (χ0v) is 10.2. The Hall–Kier alpha value is -1.54. The molecule has 0 aromatic heterocycles. The topological polar surface area (TPSA) is 9.23 Å². The van der Waals surface area contributed by atoms with Crippen LogP contribution in [0.15, 0.2) is 65.3 Å². The van der Waals surface area contributed by atoms with Gasteiger partial charge in [0.25, 0.3) is 0 Å². The van der Waals surface area contributed by atoms with Crippen LogP contribution in [0.1, 0.15) is 5.56 Å². The van der Waals surface area contributed by atoms with Crippen molar-refractivity contribution < 1.29 is 4.74 Å². The van der Waals surface area contributed by atoms with Crippen LogP contribution < -0.4 is 4.74 Å². The summed E-state index contributed by atoms with van der Waals surface area (Å²) in [6.45, 7) is 0. The summed E-state index contributed by atoms with van der Waals surface area (Å²) in [6.07, 6.45) is 3.62. The smallest absolute Gasteiger partial charge is 0.126 e. The average molecular weight is 275 g/mol.